The van der Waals surface area contributed by atoms with Crippen LogP contribution < -0.4 is 21.4 Å². The summed E-state index contributed by atoms with van der Waals surface area (Å²) >= 11 is 0. The second-order valence-corrected chi connectivity index (χ2v) is 10.9. The lowest BCUT2D eigenvalue weighted by molar-refractivity contribution is 0.295. The molecule has 12 heteroatoms. The second-order valence-electron chi connectivity index (χ2n) is 10.9. The Labute approximate surface area is 261 Å². The van der Waals surface area contributed by atoms with Crippen molar-refractivity contribution in [2.75, 3.05) is 11.9 Å². The molecule has 46 heavy (non-hydrogen) atoms. The van der Waals surface area contributed by atoms with E-state index in [1.54, 1.807) is 12.4 Å². The Morgan fingerprint density at radius 1 is 0.826 bits per heavy atom. The highest BCUT2D eigenvalue weighted by Gasteiger charge is 2.16. The highest BCUT2D eigenvalue weighted by atomic mass is 16.5. The average molecular weight is 610 g/mol. The summed E-state index contributed by atoms with van der Waals surface area (Å²) in [5.74, 6) is 0.576. The van der Waals surface area contributed by atoms with Crippen molar-refractivity contribution in [3.63, 3.8) is 0 Å². The molecular formula is C34H27N9O3. The van der Waals surface area contributed by atoms with Crippen LogP contribution in [-0.2, 0) is 19.5 Å². The number of hydrogen-bond donors (Lipinski definition) is 4. The first-order valence-corrected chi connectivity index (χ1v) is 14.6. The molecule has 1 atom stereocenters. The Morgan fingerprint density at radius 2 is 1.54 bits per heavy atom. The first kappa shape index (κ1) is 28.3. The molecule has 0 fully saturated rings. The number of para-hydroxylation sites is 1. The van der Waals surface area contributed by atoms with Crippen LogP contribution in [0, 0.1) is 22.7 Å². The van der Waals surface area contributed by atoms with Gasteiger partial charge in [0.05, 0.1) is 46.4 Å². The Balaban J connectivity index is 1.15. The summed E-state index contributed by atoms with van der Waals surface area (Å²) in [6, 6.07) is 25.0. The third-order valence-corrected chi connectivity index (χ3v) is 8.02. The fourth-order valence-corrected chi connectivity index (χ4v) is 5.86. The smallest absolute Gasteiger partial charge is 0.327 e. The molecule has 0 aliphatic rings. The molecule has 12 nitrogen and oxygen atoms in total. The third kappa shape index (κ3) is 5.36. The van der Waals surface area contributed by atoms with E-state index in [9.17, 15) is 9.59 Å². The zero-order valence-corrected chi connectivity index (χ0v) is 24.4. The molecule has 3 aromatic carbocycles. The summed E-state index contributed by atoms with van der Waals surface area (Å²) in [6.07, 6.45) is 6.04. The number of hydrogen-bond acceptors (Lipinski definition) is 7. The van der Waals surface area contributed by atoms with Gasteiger partial charge in [-0.15, -0.1) is 0 Å². The van der Waals surface area contributed by atoms with Crippen LogP contribution >= 0.6 is 0 Å². The van der Waals surface area contributed by atoms with Gasteiger partial charge >= 0.3 is 11.4 Å². The van der Waals surface area contributed by atoms with Crippen molar-refractivity contribution in [2.45, 2.75) is 25.6 Å². The van der Waals surface area contributed by atoms with E-state index >= 15 is 0 Å². The van der Waals surface area contributed by atoms with E-state index in [-0.39, 0.29) is 30.5 Å². The fourth-order valence-electron chi connectivity index (χ4n) is 5.86. The molecule has 4 N–H and O–H groups in total. The van der Waals surface area contributed by atoms with Gasteiger partial charge in [-0.1, -0.05) is 24.3 Å². The van der Waals surface area contributed by atoms with E-state index in [2.05, 4.69) is 31.3 Å². The van der Waals surface area contributed by atoms with Gasteiger partial charge in [0.2, 0.25) is 0 Å². The van der Waals surface area contributed by atoms with Crippen LogP contribution in [0.25, 0.3) is 44.1 Å². The topological polar surface area (TPSA) is 173 Å². The van der Waals surface area contributed by atoms with E-state index < -0.39 is 0 Å². The van der Waals surface area contributed by atoms with Gasteiger partial charge in [0.15, 0.2) is 0 Å². The molecule has 0 radical (unpaired) electrons. The summed E-state index contributed by atoms with van der Waals surface area (Å²) in [5.41, 5.74) is 6.55. The van der Waals surface area contributed by atoms with Gasteiger partial charge in [-0.25, -0.2) is 9.59 Å². The molecule has 226 valence electrons. The fraction of sp³-hybridized carbons (Fsp3) is 0.147. The largest absolute Gasteiger partial charge is 0.490 e. The number of pyridine rings is 1. The van der Waals surface area contributed by atoms with Crippen LogP contribution in [-0.4, -0.2) is 41.7 Å². The lowest BCUT2D eigenvalue weighted by Gasteiger charge is -2.21. The number of H-pyrrole nitrogens is 3. The number of anilines is 1. The number of nitrogens with one attached hydrogen (secondary N) is 4. The molecule has 0 aliphatic heterocycles. The van der Waals surface area contributed by atoms with Gasteiger partial charge in [-0.2, -0.15) is 10.5 Å². The minimum Gasteiger partial charge on any atom is -0.490 e. The maximum absolute atomic E-state index is 12.4. The summed E-state index contributed by atoms with van der Waals surface area (Å²) in [7, 11) is 0. The van der Waals surface area contributed by atoms with Crippen LogP contribution in [0.15, 0.2) is 94.9 Å². The average Bonchev–Trinajstić information content (AvgIpc) is 3.72. The van der Waals surface area contributed by atoms with Gasteiger partial charge < -0.3 is 25.0 Å². The second kappa shape index (κ2) is 11.9. The van der Waals surface area contributed by atoms with Crippen LogP contribution in [0.4, 0.5) is 5.69 Å². The lowest BCUT2D eigenvalue weighted by atomic mass is 10.0. The molecule has 0 unspecified atom stereocenters. The number of nitriles is 2. The predicted molar refractivity (Wildman–Crippen MR) is 174 cm³/mol. The van der Waals surface area contributed by atoms with Gasteiger partial charge in [-0.3, -0.25) is 14.1 Å². The molecule has 4 heterocycles. The number of fused-ring (bicyclic) bond motifs is 3. The highest BCUT2D eigenvalue weighted by Crippen LogP contribution is 2.27. The van der Waals surface area contributed by atoms with Crippen molar-refractivity contribution in [3.05, 3.63) is 112 Å². The molecule has 0 saturated carbocycles. The maximum Gasteiger partial charge on any atom is 0.327 e. The first-order chi connectivity index (χ1) is 22.5. The van der Waals surface area contributed by atoms with E-state index in [1.807, 2.05) is 79.0 Å². The maximum atomic E-state index is 12.4. The van der Waals surface area contributed by atoms with E-state index in [1.165, 1.54) is 9.13 Å². The third-order valence-electron chi connectivity index (χ3n) is 8.02. The standard InChI is InChI=1S/C34H27N9O3/c35-9-11-42-31-7-5-21(15-29(31)40-33(42)44)22-14-26(19-37-17-22)46-20-25(13-23-18-38-28-4-2-1-3-27(23)28)39-24-6-8-32-30(16-24)41-34(45)43(32)12-10-36/h1-8,14-19,25,38-39H,11-13,20H2,(H,40,44)(H,41,45)/t25-/m0/s1. The zero-order chi connectivity index (χ0) is 31.6. The van der Waals surface area contributed by atoms with Gasteiger partial charge in [0, 0.05) is 34.5 Å². The van der Waals surface area contributed by atoms with E-state index in [0.29, 0.717) is 40.8 Å². The summed E-state index contributed by atoms with van der Waals surface area (Å²) in [4.78, 5) is 38.1. The Bertz CT molecular complexity index is 2430. The minimum absolute atomic E-state index is 0.0312. The van der Waals surface area contributed by atoms with Crippen LogP contribution in [0.2, 0.25) is 0 Å². The van der Waals surface area contributed by atoms with Gasteiger partial charge in [0.25, 0.3) is 0 Å². The normalized spacial score (nSPS) is 11.9. The molecular weight excluding hydrogens is 582 g/mol. The first-order valence-electron chi connectivity index (χ1n) is 14.6. The monoisotopic (exact) mass is 609 g/mol. The molecule has 0 aliphatic carbocycles. The Morgan fingerprint density at radius 3 is 2.30 bits per heavy atom. The predicted octanol–water partition coefficient (Wildman–Crippen LogP) is 4.67. The quantitative estimate of drug-likeness (QED) is 0.174. The van der Waals surface area contributed by atoms with Gasteiger partial charge in [0.1, 0.15) is 25.4 Å². The van der Waals surface area contributed by atoms with Crippen molar-refractivity contribution in [1.29, 1.82) is 10.5 Å². The van der Waals surface area contributed by atoms with Crippen molar-refractivity contribution >= 4 is 38.7 Å². The van der Waals surface area contributed by atoms with Crippen molar-refractivity contribution in [2.24, 2.45) is 0 Å². The SMILES string of the molecule is N#CCn1c(=O)[nH]c2cc(N[C@H](COc3cncc(-c4ccc5c(c4)[nH]c(=O)n5CC#N)c3)Cc3c[nH]c4ccccc34)ccc21. The molecule has 7 rings (SSSR count). The zero-order valence-electron chi connectivity index (χ0n) is 24.4. The summed E-state index contributed by atoms with van der Waals surface area (Å²) < 4.78 is 9.12. The number of aromatic amines is 3. The number of nitrogens with zero attached hydrogens (tertiary/aromatic N) is 5. The lowest BCUT2D eigenvalue weighted by Crippen LogP contribution is -2.29. The number of rotatable bonds is 10. The Hall–Kier alpha value is -6.53. The van der Waals surface area contributed by atoms with E-state index in [4.69, 9.17) is 15.3 Å². The summed E-state index contributed by atoms with van der Waals surface area (Å²) in [6.45, 7) is 0.240. The number of imidazole rings is 2. The molecule has 0 saturated heterocycles. The molecule has 7 aromatic rings. The van der Waals surface area contributed by atoms with Crippen LogP contribution in [0.1, 0.15) is 5.56 Å². The van der Waals surface area contributed by atoms with Crippen molar-refractivity contribution in [1.82, 2.24) is 29.1 Å². The number of aromatic nitrogens is 6. The van der Waals surface area contributed by atoms with E-state index in [0.717, 1.165) is 33.3 Å². The van der Waals surface area contributed by atoms with Gasteiger partial charge in [-0.05, 0) is 60.0 Å². The molecule has 0 spiro atoms. The molecule has 4 aromatic heterocycles. The van der Waals surface area contributed by atoms with Crippen LogP contribution in [0.3, 0.4) is 0 Å². The minimum atomic E-state index is -0.331. The number of benzene rings is 3. The van der Waals surface area contributed by atoms with Crippen LogP contribution in [0.5, 0.6) is 5.75 Å². The highest BCUT2D eigenvalue weighted by molar-refractivity contribution is 5.84. The number of ether oxygens (including phenoxy) is 1. The van der Waals surface area contributed by atoms with Crippen molar-refractivity contribution in [3.8, 4) is 29.0 Å². The molecule has 0 bridgehead atoms. The molecule has 0 amide bonds. The van der Waals surface area contributed by atoms with Crippen molar-refractivity contribution < 1.29 is 4.74 Å². The summed E-state index contributed by atoms with van der Waals surface area (Å²) in [5, 5.41) is 22.9. The Kier molecular flexibility index (Phi) is 7.29.